The van der Waals surface area contributed by atoms with Crippen LogP contribution in [0.2, 0.25) is 0 Å². The molecule has 1 aromatic rings. The summed E-state index contributed by atoms with van der Waals surface area (Å²) < 4.78 is 0. The van der Waals surface area contributed by atoms with Gasteiger partial charge in [-0.3, -0.25) is 10.2 Å². The second kappa shape index (κ2) is 5.92. The van der Waals surface area contributed by atoms with Crippen molar-refractivity contribution in [2.75, 3.05) is 4.90 Å². The zero-order chi connectivity index (χ0) is 16.7. The number of rotatable bonds is 3. The van der Waals surface area contributed by atoms with Gasteiger partial charge in [-0.15, -0.1) is 0 Å². The number of aryl methyl sites for hydroxylation is 1. The maximum atomic E-state index is 12.5. The van der Waals surface area contributed by atoms with E-state index in [2.05, 4.69) is 70.1 Å². The Morgan fingerprint density at radius 1 is 1.41 bits per heavy atom. The fraction of sp³-hybridized carbons (Fsp3) is 0.611. The SMILES string of the molecule is Cc1cccc2c1N(C(C(=O)NN)C(C)C)C(C)(C)CC2C. The number of hydrogen-bond donors (Lipinski definition) is 2. The topological polar surface area (TPSA) is 58.4 Å². The molecular weight excluding hydrogens is 274 g/mol. The normalized spacial score (nSPS) is 21.5. The largest absolute Gasteiger partial charge is 0.354 e. The standard InChI is InChI=1S/C18H29N3O/c1-11(2)15(17(22)20-19)21-16-12(3)8-7-9-14(16)13(4)10-18(21,5)6/h7-9,11,13,15H,10,19H2,1-6H3,(H,20,22). The molecule has 2 atom stereocenters. The minimum absolute atomic E-state index is 0.0972. The van der Waals surface area contributed by atoms with Gasteiger partial charge in [0.05, 0.1) is 0 Å². The summed E-state index contributed by atoms with van der Waals surface area (Å²) in [4.78, 5) is 14.8. The van der Waals surface area contributed by atoms with Gasteiger partial charge >= 0.3 is 0 Å². The van der Waals surface area contributed by atoms with Crippen molar-refractivity contribution in [3.05, 3.63) is 29.3 Å². The summed E-state index contributed by atoms with van der Waals surface area (Å²) in [7, 11) is 0. The molecule has 0 saturated carbocycles. The summed E-state index contributed by atoms with van der Waals surface area (Å²) in [6, 6.07) is 6.14. The number of benzene rings is 1. The van der Waals surface area contributed by atoms with Gasteiger partial charge in [-0.2, -0.15) is 0 Å². The van der Waals surface area contributed by atoms with Crippen molar-refractivity contribution in [1.82, 2.24) is 5.43 Å². The van der Waals surface area contributed by atoms with Crippen LogP contribution in [0, 0.1) is 12.8 Å². The quantitative estimate of drug-likeness (QED) is 0.512. The average molecular weight is 303 g/mol. The zero-order valence-corrected chi connectivity index (χ0v) is 14.6. The monoisotopic (exact) mass is 303 g/mol. The molecule has 1 amide bonds. The minimum atomic E-state index is -0.271. The maximum absolute atomic E-state index is 12.5. The molecule has 3 N–H and O–H groups in total. The van der Waals surface area contributed by atoms with Crippen molar-refractivity contribution in [3.63, 3.8) is 0 Å². The van der Waals surface area contributed by atoms with Crippen LogP contribution in [0.5, 0.6) is 0 Å². The van der Waals surface area contributed by atoms with Gasteiger partial charge in [0.1, 0.15) is 6.04 Å². The highest BCUT2D eigenvalue weighted by atomic mass is 16.2. The zero-order valence-electron chi connectivity index (χ0n) is 14.6. The number of carbonyl (C=O) groups excluding carboxylic acids is 1. The van der Waals surface area contributed by atoms with Crippen molar-refractivity contribution in [2.45, 2.75) is 65.5 Å². The van der Waals surface area contributed by atoms with Crippen LogP contribution in [-0.4, -0.2) is 17.5 Å². The van der Waals surface area contributed by atoms with Crippen molar-refractivity contribution in [3.8, 4) is 0 Å². The van der Waals surface area contributed by atoms with E-state index in [1.165, 1.54) is 16.8 Å². The molecular formula is C18H29N3O. The predicted octanol–water partition coefficient (Wildman–Crippen LogP) is 3.10. The van der Waals surface area contributed by atoms with Crippen LogP contribution in [0.3, 0.4) is 0 Å². The number of nitrogens with one attached hydrogen (secondary N) is 1. The van der Waals surface area contributed by atoms with Gasteiger partial charge in [0, 0.05) is 11.2 Å². The van der Waals surface area contributed by atoms with E-state index in [1.54, 1.807) is 0 Å². The molecule has 0 spiro atoms. The lowest BCUT2D eigenvalue weighted by atomic mass is 9.77. The van der Waals surface area contributed by atoms with Gasteiger partial charge in [-0.05, 0) is 50.2 Å². The van der Waals surface area contributed by atoms with E-state index in [-0.39, 0.29) is 23.4 Å². The van der Waals surface area contributed by atoms with E-state index in [4.69, 9.17) is 5.84 Å². The minimum Gasteiger partial charge on any atom is -0.354 e. The summed E-state index contributed by atoms with van der Waals surface area (Å²) in [6.07, 6.45) is 1.02. The Kier molecular flexibility index (Phi) is 4.52. The number of amides is 1. The molecule has 0 aliphatic carbocycles. The first-order valence-corrected chi connectivity index (χ1v) is 8.10. The molecule has 2 unspecified atom stereocenters. The fourth-order valence-corrected chi connectivity index (χ4v) is 3.99. The Morgan fingerprint density at radius 3 is 2.59 bits per heavy atom. The molecule has 122 valence electrons. The van der Waals surface area contributed by atoms with E-state index < -0.39 is 0 Å². The number of para-hydroxylation sites is 1. The number of fused-ring (bicyclic) bond motifs is 1. The number of carbonyl (C=O) groups is 1. The number of hydrogen-bond acceptors (Lipinski definition) is 3. The Hall–Kier alpha value is -1.55. The third-order valence-electron chi connectivity index (χ3n) is 4.82. The van der Waals surface area contributed by atoms with Crippen molar-refractivity contribution < 1.29 is 4.79 Å². The summed E-state index contributed by atoms with van der Waals surface area (Å²) in [5.41, 5.74) is 6.01. The molecule has 1 heterocycles. The van der Waals surface area contributed by atoms with Crippen LogP contribution in [0.15, 0.2) is 18.2 Å². The lowest BCUT2D eigenvalue weighted by molar-refractivity contribution is -0.123. The lowest BCUT2D eigenvalue weighted by Gasteiger charge is -2.52. The van der Waals surface area contributed by atoms with Gasteiger partial charge in [-0.1, -0.05) is 39.0 Å². The molecule has 4 heteroatoms. The number of hydrazine groups is 1. The molecule has 1 aromatic carbocycles. The Bertz CT molecular complexity index is 565. The fourth-order valence-electron chi connectivity index (χ4n) is 3.99. The third-order valence-corrected chi connectivity index (χ3v) is 4.82. The van der Waals surface area contributed by atoms with Gasteiger partial charge in [-0.25, -0.2) is 5.84 Å². The Labute approximate surface area is 134 Å². The van der Waals surface area contributed by atoms with Crippen LogP contribution >= 0.6 is 0 Å². The van der Waals surface area contributed by atoms with E-state index in [1.807, 2.05) is 0 Å². The molecule has 1 aliphatic rings. The smallest absolute Gasteiger partial charge is 0.256 e. The van der Waals surface area contributed by atoms with Gasteiger partial charge in [0.2, 0.25) is 0 Å². The van der Waals surface area contributed by atoms with Crippen molar-refractivity contribution in [1.29, 1.82) is 0 Å². The molecule has 4 nitrogen and oxygen atoms in total. The maximum Gasteiger partial charge on any atom is 0.256 e. The van der Waals surface area contributed by atoms with E-state index in [0.717, 1.165) is 6.42 Å². The number of anilines is 1. The van der Waals surface area contributed by atoms with Crippen LogP contribution in [-0.2, 0) is 4.79 Å². The average Bonchev–Trinajstić information content (AvgIpc) is 2.42. The number of nitrogens with two attached hydrogens (primary N) is 1. The first-order chi connectivity index (χ1) is 10.2. The number of nitrogens with zero attached hydrogens (tertiary/aromatic N) is 1. The van der Waals surface area contributed by atoms with Gasteiger partial charge in [0.25, 0.3) is 5.91 Å². The van der Waals surface area contributed by atoms with Gasteiger partial charge in [0.15, 0.2) is 0 Å². The highest BCUT2D eigenvalue weighted by Gasteiger charge is 2.43. The molecule has 0 radical (unpaired) electrons. The molecule has 2 rings (SSSR count). The summed E-state index contributed by atoms with van der Waals surface area (Å²) in [5.74, 6) is 6.00. The molecule has 22 heavy (non-hydrogen) atoms. The summed E-state index contributed by atoms with van der Waals surface area (Å²) >= 11 is 0. The second-order valence-electron chi connectivity index (χ2n) is 7.50. The first kappa shape index (κ1) is 16.8. The van der Waals surface area contributed by atoms with Crippen LogP contribution in [0.4, 0.5) is 5.69 Å². The summed E-state index contributed by atoms with van der Waals surface area (Å²) in [5, 5.41) is 0. The highest BCUT2D eigenvalue weighted by molar-refractivity contribution is 5.86. The van der Waals surface area contributed by atoms with Crippen LogP contribution in [0.25, 0.3) is 0 Å². The van der Waals surface area contributed by atoms with E-state index in [0.29, 0.717) is 5.92 Å². The van der Waals surface area contributed by atoms with Crippen molar-refractivity contribution in [2.24, 2.45) is 11.8 Å². The third kappa shape index (κ3) is 2.72. The molecule has 0 bridgehead atoms. The summed E-state index contributed by atoms with van der Waals surface area (Å²) in [6.45, 7) is 13.0. The first-order valence-electron chi connectivity index (χ1n) is 8.10. The molecule has 0 fully saturated rings. The lowest BCUT2D eigenvalue weighted by Crippen LogP contribution is -2.61. The van der Waals surface area contributed by atoms with E-state index >= 15 is 0 Å². The highest BCUT2D eigenvalue weighted by Crippen LogP contribution is 2.46. The van der Waals surface area contributed by atoms with Gasteiger partial charge < -0.3 is 4.90 Å². The van der Waals surface area contributed by atoms with Crippen LogP contribution in [0.1, 0.15) is 58.1 Å². The Morgan fingerprint density at radius 2 is 2.05 bits per heavy atom. The second-order valence-corrected chi connectivity index (χ2v) is 7.50. The van der Waals surface area contributed by atoms with Crippen LogP contribution < -0.4 is 16.2 Å². The predicted molar refractivity (Wildman–Crippen MR) is 91.7 cm³/mol. The molecule has 0 aromatic heterocycles. The molecule has 0 saturated heterocycles. The van der Waals surface area contributed by atoms with Crippen molar-refractivity contribution >= 4 is 11.6 Å². The Balaban J connectivity index is 2.66. The molecule has 1 aliphatic heterocycles. The van der Waals surface area contributed by atoms with E-state index in [9.17, 15) is 4.79 Å².